The molecule has 0 saturated carbocycles. The Kier molecular flexibility index (Phi) is 3.09. The number of para-hydroxylation sites is 1. The summed E-state index contributed by atoms with van der Waals surface area (Å²) in [4.78, 5) is 0. The third kappa shape index (κ3) is 2.33. The lowest BCUT2D eigenvalue weighted by atomic mass is 10.1. The second kappa shape index (κ2) is 3.98. The van der Waals surface area contributed by atoms with Crippen LogP contribution in [0.15, 0.2) is 18.2 Å². The lowest BCUT2D eigenvalue weighted by molar-refractivity contribution is -0.149. The van der Waals surface area contributed by atoms with Crippen LogP contribution in [0.3, 0.4) is 0 Å². The van der Waals surface area contributed by atoms with Crippen molar-refractivity contribution in [1.29, 1.82) is 0 Å². The first kappa shape index (κ1) is 11.6. The molecule has 0 aliphatic heterocycles. The molecule has 1 unspecified atom stereocenters. The SMILES string of the molecule is COc1cccc(C(N)C(F)(F)F)c1O. The maximum atomic E-state index is 12.3. The number of aromatic hydroxyl groups is 1. The van der Waals surface area contributed by atoms with E-state index in [1.807, 2.05) is 0 Å². The van der Waals surface area contributed by atoms with Crippen LogP contribution in [0.5, 0.6) is 11.5 Å². The van der Waals surface area contributed by atoms with Crippen molar-refractivity contribution in [3.63, 3.8) is 0 Å². The first-order valence-electron chi connectivity index (χ1n) is 4.06. The summed E-state index contributed by atoms with van der Waals surface area (Å²) in [6.07, 6.45) is -4.59. The van der Waals surface area contributed by atoms with E-state index in [0.717, 1.165) is 6.07 Å². The van der Waals surface area contributed by atoms with Gasteiger partial charge >= 0.3 is 6.18 Å². The largest absolute Gasteiger partial charge is 0.504 e. The molecule has 0 spiro atoms. The van der Waals surface area contributed by atoms with Gasteiger partial charge < -0.3 is 15.6 Å². The standard InChI is InChI=1S/C9H10F3NO2/c1-15-6-4-2-3-5(7(6)14)8(13)9(10,11)12/h2-4,8,14H,13H2,1H3. The minimum Gasteiger partial charge on any atom is -0.504 e. The molecule has 0 aliphatic carbocycles. The fourth-order valence-corrected chi connectivity index (χ4v) is 1.13. The molecule has 0 aromatic heterocycles. The molecule has 84 valence electrons. The Morgan fingerprint density at radius 2 is 2.00 bits per heavy atom. The van der Waals surface area contributed by atoms with Gasteiger partial charge in [-0.1, -0.05) is 12.1 Å². The highest BCUT2D eigenvalue weighted by atomic mass is 19.4. The van der Waals surface area contributed by atoms with Crippen LogP contribution in [-0.2, 0) is 0 Å². The molecule has 6 heteroatoms. The summed E-state index contributed by atoms with van der Waals surface area (Å²) in [6.45, 7) is 0. The summed E-state index contributed by atoms with van der Waals surface area (Å²) in [6, 6.07) is 1.57. The van der Waals surface area contributed by atoms with E-state index >= 15 is 0 Å². The lowest BCUT2D eigenvalue weighted by Gasteiger charge is -2.17. The molecule has 3 nitrogen and oxygen atoms in total. The fraction of sp³-hybridized carbons (Fsp3) is 0.333. The van der Waals surface area contributed by atoms with Gasteiger partial charge in [0.15, 0.2) is 11.5 Å². The summed E-state index contributed by atoms with van der Waals surface area (Å²) in [5.74, 6) is -0.614. The molecular formula is C9H10F3NO2. The maximum Gasteiger partial charge on any atom is 0.407 e. The summed E-state index contributed by atoms with van der Waals surface area (Å²) in [5.41, 5.74) is 4.55. The van der Waals surface area contributed by atoms with E-state index in [0.29, 0.717) is 0 Å². The average molecular weight is 221 g/mol. The van der Waals surface area contributed by atoms with Crippen LogP contribution < -0.4 is 10.5 Å². The van der Waals surface area contributed by atoms with Gasteiger partial charge in [-0.3, -0.25) is 0 Å². The van der Waals surface area contributed by atoms with Gasteiger partial charge in [0.2, 0.25) is 0 Å². The summed E-state index contributed by atoms with van der Waals surface area (Å²) < 4.78 is 41.5. The van der Waals surface area contributed by atoms with Crippen LogP contribution in [0, 0.1) is 0 Å². The number of methoxy groups -OCH3 is 1. The lowest BCUT2D eigenvalue weighted by Crippen LogP contribution is -2.28. The molecule has 0 radical (unpaired) electrons. The Morgan fingerprint density at radius 3 is 2.47 bits per heavy atom. The van der Waals surface area contributed by atoms with Crippen LogP contribution in [0.4, 0.5) is 13.2 Å². The molecule has 1 aromatic carbocycles. The Labute approximate surface area is 84.3 Å². The molecular weight excluding hydrogens is 211 g/mol. The van der Waals surface area contributed by atoms with Gasteiger partial charge in [0.05, 0.1) is 7.11 Å². The second-order valence-corrected chi connectivity index (χ2v) is 2.92. The smallest absolute Gasteiger partial charge is 0.407 e. The van der Waals surface area contributed by atoms with E-state index in [1.165, 1.54) is 19.2 Å². The van der Waals surface area contributed by atoms with Crippen molar-refractivity contribution < 1.29 is 23.0 Å². The number of rotatable bonds is 2. The predicted octanol–water partition coefficient (Wildman–Crippen LogP) is 1.96. The molecule has 3 N–H and O–H groups in total. The van der Waals surface area contributed by atoms with Crippen molar-refractivity contribution in [3.8, 4) is 11.5 Å². The molecule has 0 saturated heterocycles. The number of alkyl halides is 3. The van der Waals surface area contributed by atoms with Gasteiger partial charge in [-0.15, -0.1) is 0 Å². The first-order valence-corrected chi connectivity index (χ1v) is 4.06. The quantitative estimate of drug-likeness (QED) is 0.802. The average Bonchev–Trinajstić information content (AvgIpc) is 2.16. The third-order valence-electron chi connectivity index (χ3n) is 1.94. The molecule has 15 heavy (non-hydrogen) atoms. The zero-order chi connectivity index (χ0) is 11.6. The number of hydrogen-bond acceptors (Lipinski definition) is 3. The predicted molar refractivity (Wildman–Crippen MR) is 47.6 cm³/mol. The minimum absolute atomic E-state index is 0.0350. The van der Waals surface area contributed by atoms with E-state index in [2.05, 4.69) is 4.74 Å². The minimum atomic E-state index is -4.59. The number of nitrogens with two attached hydrogens (primary N) is 1. The van der Waals surface area contributed by atoms with Gasteiger partial charge in [-0.05, 0) is 6.07 Å². The highest BCUT2D eigenvalue weighted by Crippen LogP contribution is 2.39. The molecule has 0 heterocycles. The number of phenolic OH excluding ortho intramolecular Hbond substituents is 1. The monoisotopic (exact) mass is 221 g/mol. The molecule has 0 bridgehead atoms. The highest BCUT2D eigenvalue weighted by molar-refractivity contribution is 5.47. The molecule has 0 aliphatic rings. The number of halogens is 3. The topological polar surface area (TPSA) is 55.5 Å². The second-order valence-electron chi connectivity index (χ2n) is 2.92. The molecule has 0 amide bonds. The third-order valence-corrected chi connectivity index (χ3v) is 1.94. The van der Waals surface area contributed by atoms with Gasteiger partial charge in [0.1, 0.15) is 6.04 Å². The summed E-state index contributed by atoms with van der Waals surface area (Å²) in [7, 11) is 1.25. The van der Waals surface area contributed by atoms with E-state index < -0.39 is 23.5 Å². The number of phenols is 1. The van der Waals surface area contributed by atoms with Gasteiger partial charge in [-0.2, -0.15) is 13.2 Å². The normalized spacial score (nSPS) is 13.7. The van der Waals surface area contributed by atoms with Gasteiger partial charge in [0.25, 0.3) is 0 Å². The summed E-state index contributed by atoms with van der Waals surface area (Å²) in [5, 5.41) is 9.42. The summed E-state index contributed by atoms with van der Waals surface area (Å²) >= 11 is 0. The van der Waals surface area contributed by atoms with Gasteiger partial charge in [-0.25, -0.2) is 0 Å². The maximum absolute atomic E-state index is 12.3. The highest BCUT2D eigenvalue weighted by Gasteiger charge is 2.39. The number of ether oxygens (including phenoxy) is 1. The number of benzene rings is 1. The van der Waals surface area contributed by atoms with Crippen molar-refractivity contribution in [2.75, 3.05) is 7.11 Å². The molecule has 0 fully saturated rings. The Hall–Kier alpha value is -1.43. The van der Waals surface area contributed by atoms with E-state index in [9.17, 15) is 18.3 Å². The number of hydrogen-bond donors (Lipinski definition) is 2. The van der Waals surface area contributed by atoms with Crippen LogP contribution >= 0.6 is 0 Å². The van der Waals surface area contributed by atoms with E-state index in [1.54, 1.807) is 0 Å². The fourth-order valence-electron chi connectivity index (χ4n) is 1.13. The van der Waals surface area contributed by atoms with Crippen LogP contribution in [0.25, 0.3) is 0 Å². The molecule has 1 rings (SSSR count). The molecule has 1 atom stereocenters. The van der Waals surface area contributed by atoms with Crippen LogP contribution in [0.1, 0.15) is 11.6 Å². The van der Waals surface area contributed by atoms with Crippen molar-refractivity contribution in [2.45, 2.75) is 12.2 Å². The first-order chi connectivity index (χ1) is 6.88. The van der Waals surface area contributed by atoms with Crippen LogP contribution in [0.2, 0.25) is 0 Å². The van der Waals surface area contributed by atoms with Crippen molar-refractivity contribution in [2.24, 2.45) is 5.73 Å². The Balaban J connectivity index is 3.15. The zero-order valence-electron chi connectivity index (χ0n) is 7.88. The zero-order valence-corrected chi connectivity index (χ0v) is 7.88. The Bertz CT molecular complexity index is 352. The van der Waals surface area contributed by atoms with Crippen molar-refractivity contribution in [3.05, 3.63) is 23.8 Å². The van der Waals surface area contributed by atoms with Crippen molar-refractivity contribution in [1.82, 2.24) is 0 Å². The Morgan fingerprint density at radius 1 is 1.40 bits per heavy atom. The van der Waals surface area contributed by atoms with Gasteiger partial charge in [0, 0.05) is 5.56 Å². The molecule has 1 aromatic rings. The van der Waals surface area contributed by atoms with Crippen molar-refractivity contribution >= 4 is 0 Å². The van der Waals surface area contributed by atoms with E-state index in [4.69, 9.17) is 5.73 Å². The van der Waals surface area contributed by atoms with E-state index in [-0.39, 0.29) is 5.75 Å². The van der Waals surface area contributed by atoms with Crippen LogP contribution in [-0.4, -0.2) is 18.4 Å².